The number of fused-ring (bicyclic) bond motifs is 1. The van der Waals surface area contributed by atoms with E-state index in [-0.39, 0.29) is 11.8 Å². The second-order valence-electron chi connectivity index (χ2n) is 8.33. The molecule has 0 unspecified atom stereocenters. The lowest BCUT2D eigenvalue weighted by Crippen LogP contribution is -2.39. The number of imidazole rings is 1. The largest absolute Gasteiger partial charge is 0.332 e. The summed E-state index contributed by atoms with van der Waals surface area (Å²) in [5.41, 5.74) is 1.79. The minimum Gasteiger partial charge on any atom is -0.332 e. The maximum atomic E-state index is 12.7. The molecule has 4 rings (SSSR count). The van der Waals surface area contributed by atoms with Gasteiger partial charge in [0.2, 0.25) is 5.91 Å². The molecule has 0 radical (unpaired) electrons. The molecule has 1 aliphatic heterocycles. The number of piperidine rings is 1. The fourth-order valence-electron chi connectivity index (χ4n) is 3.97. The SMILES string of the molecule is CC(C)CN1CCC(C(=O)Nc2cc3cc(-c4cncn4C)ncc3cn2)CC1. The van der Waals surface area contributed by atoms with Crippen molar-refractivity contribution in [1.82, 2.24) is 24.4 Å². The minimum atomic E-state index is 0.0540. The van der Waals surface area contributed by atoms with Gasteiger partial charge in [-0.2, -0.15) is 0 Å². The number of hydrogen-bond acceptors (Lipinski definition) is 5. The first-order valence-corrected chi connectivity index (χ1v) is 10.3. The van der Waals surface area contributed by atoms with Gasteiger partial charge in [-0.3, -0.25) is 9.78 Å². The minimum absolute atomic E-state index is 0.0540. The van der Waals surface area contributed by atoms with Crippen LogP contribution >= 0.6 is 0 Å². The number of carbonyl (C=O) groups is 1. The molecule has 1 aliphatic rings. The molecule has 3 aromatic rings. The number of carbonyl (C=O) groups excluding carboxylic acids is 1. The van der Waals surface area contributed by atoms with E-state index in [0.29, 0.717) is 11.7 Å². The summed E-state index contributed by atoms with van der Waals surface area (Å²) in [5.74, 6) is 1.38. The highest BCUT2D eigenvalue weighted by atomic mass is 16.1. The third-order valence-corrected chi connectivity index (χ3v) is 5.52. The lowest BCUT2D eigenvalue weighted by atomic mass is 9.95. The number of amides is 1. The third-order valence-electron chi connectivity index (χ3n) is 5.52. The van der Waals surface area contributed by atoms with Gasteiger partial charge in [0.1, 0.15) is 5.82 Å². The highest BCUT2D eigenvalue weighted by Crippen LogP contribution is 2.24. The van der Waals surface area contributed by atoms with Crippen molar-refractivity contribution in [2.24, 2.45) is 18.9 Å². The fraction of sp³-hybridized carbons (Fsp3) is 0.455. The molecule has 1 saturated heterocycles. The van der Waals surface area contributed by atoms with E-state index < -0.39 is 0 Å². The normalized spacial score (nSPS) is 15.9. The highest BCUT2D eigenvalue weighted by molar-refractivity contribution is 5.94. The monoisotopic (exact) mass is 392 g/mol. The second-order valence-corrected chi connectivity index (χ2v) is 8.33. The molecule has 1 fully saturated rings. The predicted octanol–water partition coefficient (Wildman–Crippen LogP) is 3.34. The summed E-state index contributed by atoms with van der Waals surface area (Å²) in [6.45, 7) is 7.55. The van der Waals surface area contributed by atoms with Crippen LogP contribution in [0.4, 0.5) is 5.82 Å². The van der Waals surface area contributed by atoms with Crippen LogP contribution in [0.1, 0.15) is 26.7 Å². The summed E-state index contributed by atoms with van der Waals surface area (Å²) in [5, 5.41) is 4.95. The summed E-state index contributed by atoms with van der Waals surface area (Å²) >= 11 is 0. The summed E-state index contributed by atoms with van der Waals surface area (Å²) in [6.07, 6.45) is 8.92. The van der Waals surface area contributed by atoms with E-state index >= 15 is 0 Å². The van der Waals surface area contributed by atoms with Crippen molar-refractivity contribution < 1.29 is 4.79 Å². The fourth-order valence-corrected chi connectivity index (χ4v) is 3.97. The Morgan fingerprint density at radius 1 is 1.14 bits per heavy atom. The Balaban J connectivity index is 1.45. The first-order chi connectivity index (χ1) is 14.0. The van der Waals surface area contributed by atoms with Crippen LogP contribution in [0.25, 0.3) is 22.2 Å². The average molecular weight is 393 g/mol. The Labute approximate surface area is 171 Å². The Bertz CT molecular complexity index is 1000. The second kappa shape index (κ2) is 8.29. The van der Waals surface area contributed by atoms with Crippen LogP contribution in [0.5, 0.6) is 0 Å². The zero-order valence-corrected chi connectivity index (χ0v) is 17.3. The van der Waals surface area contributed by atoms with Gasteiger partial charge in [0, 0.05) is 37.3 Å². The summed E-state index contributed by atoms with van der Waals surface area (Å²) in [7, 11) is 1.94. The molecule has 1 amide bonds. The van der Waals surface area contributed by atoms with E-state index in [1.54, 1.807) is 24.9 Å². The number of likely N-dealkylation sites (tertiary alicyclic amines) is 1. The van der Waals surface area contributed by atoms with Gasteiger partial charge in [-0.05, 0) is 49.4 Å². The topological polar surface area (TPSA) is 75.9 Å². The molecule has 7 nitrogen and oxygen atoms in total. The number of hydrogen-bond donors (Lipinski definition) is 1. The van der Waals surface area contributed by atoms with Gasteiger partial charge in [0.25, 0.3) is 0 Å². The van der Waals surface area contributed by atoms with E-state index in [4.69, 9.17) is 0 Å². The molecular weight excluding hydrogens is 364 g/mol. The molecule has 152 valence electrons. The molecule has 4 heterocycles. The lowest BCUT2D eigenvalue weighted by Gasteiger charge is -2.32. The highest BCUT2D eigenvalue weighted by Gasteiger charge is 2.25. The third kappa shape index (κ3) is 4.45. The summed E-state index contributed by atoms with van der Waals surface area (Å²) in [4.78, 5) is 28.3. The van der Waals surface area contributed by atoms with Gasteiger partial charge in [-0.1, -0.05) is 13.8 Å². The molecular formula is C22H28N6O. The van der Waals surface area contributed by atoms with Gasteiger partial charge >= 0.3 is 0 Å². The zero-order chi connectivity index (χ0) is 20.4. The van der Waals surface area contributed by atoms with Gasteiger partial charge in [-0.25, -0.2) is 9.97 Å². The number of rotatable bonds is 5. The molecule has 0 aliphatic carbocycles. The Hall–Kier alpha value is -2.80. The quantitative estimate of drug-likeness (QED) is 0.721. The maximum absolute atomic E-state index is 12.7. The first-order valence-electron chi connectivity index (χ1n) is 10.3. The Morgan fingerprint density at radius 2 is 1.90 bits per heavy atom. The summed E-state index contributed by atoms with van der Waals surface area (Å²) in [6, 6.07) is 3.93. The molecule has 0 spiro atoms. The smallest absolute Gasteiger partial charge is 0.228 e. The molecule has 7 heteroatoms. The van der Waals surface area contributed by atoms with Gasteiger partial charge in [0.15, 0.2) is 0 Å². The van der Waals surface area contributed by atoms with Crippen molar-refractivity contribution in [2.45, 2.75) is 26.7 Å². The first kappa shape index (κ1) is 19.5. The van der Waals surface area contributed by atoms with Crippen LogP contribution in [-0.2, 0) is 11.8 Å². The van der Waals surface area contributed by atoms with E-state index in [9.17, 15) is 4.79 Å². The van der Waals surface area contributed by atoms with E-state index in [1.807, 2.05) is 23.7 Å². The van der Waals surface area contributed by atoms with Crippen LogP contribution in [0.2, 0.25) is 0 Å². The molecule has 0 aromatic carbocycles. The predicted molar refractivity (Wildman–Crippen MR) is 114 cm³/mol. The number of aryl methyl sites for hydroxylation is 1. The number of aromatic nitrogens is 4. The average Bonchev–Trinajstić information content (AvgIpc) is 3.13. The molecule has 0 bridgehead atoms. The number of nitrogens with zero attached hydrogens (tertiary/aromatic N) is 5. The van der Waals surface area contributed by atoms with Gasteiger partial charge in [-0.15, -0.1) is 0 Å². The van der Waals surface area contributed by atoms with Gasteiger partial charge < -0.3 is 14.8 Å². The number of nitrogens with one attached hydrogen (secondary N) is 1. The van der Waals surface area contributed by atoms with Crippen LogP contribution in [0, 0.1) is 11.8 Å². The Kier molecular flexibility index (Phi) is 5.58. The van der Waals surface area contributed by atoms with E-state index in [0.717, 1.165) is 54.6 Å². The van der Waals surface area contributed by atoms with Crippen LogP contribution < -0.4 is 5.32 Å². The van der Waals surface area contributed by atoms with Crippen LogP contribution in [0.3, 0.4) is 0 Å². The summed E-state index contributed by atoms with van der Waals surface area (Å²) < 4.78 is 1.93. The number of pyridine rings is 2. The van der Waals surface area contributed by atoms with Crippen molar-refractivity contribution in [1.29, 1.82) is 0 Å². The molecule has 0 atom stereocenters. The molecule has 29 heavy (non-hydrogen) atoms. The number of anilines is 1. The van der Waals surface area contributed by atoms with Crippen molar-refractivity contribution >= 4 is 22.5 Å². The van der Waals surface area contributed by atoms with Crippen molar-refractivity contribution in [2.75, 3.05) is 25.0 Å². The lowest BCUT2D eigenvalue weighted by molar-refractivity contribution is -0.121. The molecule has 1 N–H and O–H groups in total. The maximum Gasteiger partial charge on any atom is 0.228 e. The molecule has 0 saturated carbocycles. The van der Waals surface area contributed by atoms with E-state index in [1.165, 1.54) is 0 Å². The molecule has 3 aromatic heterocycles. The van der Waals surface area contributed by atoms with Gasteiger partial charge in [0.05, 0.1) is 23.9 Å². The standard InChI is InChI=1S/C22H28N6O/c1-15(2)13-28-6-4-16(5-7-28)22(29)26-21-9-17-8-19(20-12-23-14-27(20)3)24-10-18(17)11-25-21/h8-12,14-16H,4-7,13H2,1-3H3,(H,25,26,29). The Morgan fingerprint density at radius 3 is 2.59 bits per heavy atom. The van der Waals surface area contributed by atoms with Crippen LogP contribution in [0.15, 0.2) is 37.1 Å². The zero-order valence-electron chi connectivity index (χ0n) is 17.3. The van der Waals surface area contributed by atoms with Crippen LogP contribution in [-0.4, -0.2) is 50.0 Å². The van der Waals surface area contributed by atoms with Crippen molar-refractivity contribution in [3.8, 4) is 11.4 Å². The van der Waals surface area contributed by atoms with E-state index in [2.05, 4.69) is 39.0 Å². The van der Waals surface area contributed by atoms with Crippen molar-refractivity contribution in [3.05, 3.63) is 37.1 Å². The van der Waals surface area contributed by atoms with Crippen molar-refractivity contribution in [3.63, 3.8) is 0 Å².